The third-order valence-corrected chi connectivity index (χ3v) is 0.967. The first kappa shape index (κ1) is 6.70. The first-order chi connectivity index (χ1) is 4.93. The lowest BCUT2D eigenvalue weighted by atomic mass is 10.4. The number of hydrogen-bond donors (Lipinski definition) is 0. The summed E-state index contributed by atoms with van der Waals surface area (Å²) in [6.45, 7) is 1.93. The van der Waals surface area contributed by atoms with Gasteiger partial charge in [-0.05, 0) is 31.1 Å². The van der Waals surface area contributed by atoms with E-state index in [1.807, 2.05) is 25.1 Å². The monoisotopic (exact) mass is 132 g/mol. The fraction of sp³-hybridized carbons (Fsp3) is 0.111. The van der Waals surface area contributed by atoms with Crippen LogP contribution in [0.15, 0.2) is 35.0 Å². The molecule has 0 fully saturated rings. The van der Waals surface area contributed by atoms with Crippen LogP contribution in [0.4, 0.5) is 0 Å². The van der Waals surface area contributed by atoms with Gasteiger partial charge in [-0.15, -0.1) is 0 Å². The zero-order valence-corrected chi connectivity index (χ0v) is 5.79. The lowest BCUT2D eigenvalue weighted by Gasteiger charge is -1.72. The Hall–Kier alpha value is -1.42. The van der Waals surface area contributed by atoms with E-state index in [4.69, 9.17) is 4.42 Å². The molecule has 0 aliphatic carbocycles. The maximum absolute atomic E-state index is 4.97. The van der Waals surface area contributed by atoms with Gasteiger partial charge in [-0.1, -0.05) is 12.0 Å². The molecule has 10 heavy (non-hydrogen) atoms. The minimum atomic E-state index is 0.707. The van der Waals surface area contributed by atoms with Gasteiger partial charge in [0, 0.05) is 0 Å². The second kappa shape index (κ2) is 3.58. The van der Waals surface area contributed by atoms with E-state index in [0.717, 1.165) is 0 Å². The fourth-order valence-corrected chi connectivity index (χ4v) is 0.546. The normalized spacial score (nSPS) is 9.30. The lowest BCUT2D eigenvalue weighted by molar-refractivity contribution is 0.554. The molecule has 0 bridgehead atoms. The molecule has 0 saturated carbocycles. The van der Waals surface area contributed by atoms with E-state index in [1.165, 1.54) is 0 Å². The maximum Gasteiger partial charge on any atom is 0.176 e. The van der Waals surface area contributed by atoms with Gasteiger partial charge in [-0.2, -0.15) is 0 Å². The molecule has 0 spiro atoms. The van der Waals surface area contributed by atoms with Crippen LogP contribution in [0.5, 0.6) is 0 Å². The molecule has 0 aliphatic rings. The van der Waals surface area contributed by atoms with Crippen LogP contribution in [0.1, 0.15) is 12.7 Å². The van der Waals surface area contributed by atoms with Crippen molar-refractivity contribution in [2.45, 2.75) is 6.92 Å². The van der Waals surface area contributed by atoms with Gasteiger partial charge in [0.05, 0.1) is 6.26 Å². The zero-order valence-electron chi connectivity index (χ0n) is 5.79. The predicted octanol–water partition coefficient (Wildman–Crippen LogP) is 2.21. The summed E-state index contributed by atoms with van der Waals surface area (Å²) in [6, 6.07) is 3.65. The van der Waals surface area contributed by atoms with Gasteiger partial charge in [0.1, 0.15) is 0 Å². The molecule has 1 aromatic rings. The van der Waals surface area contributed by atoms with Gasteiger partial charge in [-0.25, -0.2) is 0 Å². The Morgan fingerprint density at radius 2 is 2.50 bits per heavy atom. The standard InChI is InChI=1S/C9H8O/c1-2-3-4-6-9-7-5-8-10-9/h2-3,5,7-8H,1H3/b3-2+. The number of furan rings is 1. The molecule has 0 N–H and O–H groups in total. The fourth-order valence-electron chi connectivity index (χ4n) is 0.546. The van der Waals surface area contributed by atoms with Crippen molar-refractivity contribution in [3.63, 3.8) is 0 Å². The first-order valence-electron chi connectivity index (χ1n) is 3.09. The predicted molar refractivity (Wildman–Crippen MR) is 40.4 cm³/mol. The van der Waals surface area contributed by atoms with Gasteiger partial charge in [0.2, 0.25) is 0 Å². The van der Waals surface area contributed by atoms with Gasteiger partial charge in [0.15, 0.2) is 5.76 Å². The summed E-state index contributed by atoms with van der Waals surface area (Å²) in [6.07, 6.45) is 5.28. The van der Waals surface area contributed by atoms with Crippen LogP contribution >= 0.6 is 0 Å². The van der Waals surface area contributed by atoms with E-state index in [-0.39, 0.29) is 0 Å². The third kappa shape index (κ3) is 1.83. The summed E-state index contributed by atoms with van der Waals surface area (Å²) < 4.78 is 4.97. The van der Waals surface area contributed by atoms with Crippen LogP contribution < -0.4 is 0 Å². The average molecular weight is 132 g/mol. The van der Waals surface area contributed by atoms with Crippen LogP contribution in [0.25, 0.3) is 0 Å². The molecule has 1 heteroatoms. The van der Waals surface area contributed by atoms with Crippen LogP contribution in [0.2, 0.25) is 0 Å². The third-order valence-electron chi connectivity index (χ3n) is 0.967. The highest BCUT2D eigenvalue weighted by Gasteiger charge is 1.82. The van der Waals surface area contributed by atoms with E-state index in [0.29, 0.717) is 5.76 Å². The van der Waals surface area contributed by atoms with E-state index >= 15 is 0 Å². The van der Waals surface area contributed by atoms with Crippen LogP contribution in [0.3, 0.4) is 0 Å². The molecule has 1 aromatic heterocycles. The number of rotatable bonds is 0. The molecular weight excluding hydrogens is 124 g/mol. The highest BCUT2D eigenvalue weighted by molar-refractivity contribution is 5.28. The molecule has 0 saturated heterocycles. The molecular formula is C9H8O. The average Bonchev–Trinajstić information content (AvgIpc) is 2.41. The molecule has 1 heterocycles. The molecule has 50 valence electrons. The van der Waals surface area contributed by atoms with Gasteiger partial charge in [0.25, 0.3) is 0 Å². The van der Waals surface area contributed by atoms with Gasteiger partial charge < -0.3 is 4.42 Å². The first-order valence-corrected chi connectivity index (χ1v) is 3.09. The van der Waals surface area contributed by atoms with Crippen molar-refractivity contribution in [2.24, 2.45) is 0 Å². The zero-order chi connectivity index (χ0) is 7.23. The molecule has 0 aromatic carbocycles. The van der Waals surface area contributed by atoms with Crippen molar-refractivity contribution >= 4 is 0 Å². The van der Waals surface area contributed by atoms with E-state index in [9.17, 15) is 0 Å². The Bertz CT molecular complexity index is 257. The molecule has 0 unspecified atom stereocenters. The van der Waals surface area contributed by atoms with Crippen molar-refractivity contribution in [3.05, 3.63) is 36.3 Å². The van der Waals surface area contributed by atoms with Crippen molar-refractivity contribution in [3.8, 4) is 11.8 Å². The quantitative estimate of drug-likeness (QED) is 0.493. The number of hydrogen-bond acceptors (Lipinski definition) is 1. The van der Waals surface area contributed by atoms with Crippen molar-refractivity contribution in [2.75, 3.05) is 0 Å². The van der Waals surface area contributed by atoms with Crippen LogP contribution in [-0.4, -0.2) is 0 Å². The van der Waals surface area contributed by atoms with E-state index < -0.39 is 0 Å². The van der Waals surface area contributed by atoms with Crippen molar-refractivity contribution < 1.29 is 4.42 Å². The molecule has 1 nitrogen and oxygen atoms in total. The lowest BCUT2D eigenvalue weighted by Crippen LogP contribution is -1.59. The Morgan fingerprint density at radius 3 is 3.10 bits per heavy atom. The highest BCUT2D eigenvalue weighted by Crippen LogP contribution is 1.95. The van der Waals surface area contributed by atoms with Gasteiger partial charge in [-0.3, -0.25) is 0 Å². The smallest absolute Gasteiger partial charge is 0.176 e. The summed E-state index contributed by atoms with van der Waals surface area (Å²) in [7, 11) is 0. The highest BCUT2D eigenvalue weighted by atomic mass is 16.3. The summed E-state index contributed by atoms with van der Waals surface area (Å²) >= 11 is 0. The van der Waals surface area contributed by atoms with E-state index in [2.05, 4.69) is 11.8 Å². The second-order valence-corrected chi connectivity index (χ2v) is 1.75. The molecule has 0 amide bonds. The Morgan fingerprint density at radius 1 is 1.60 bits per heavy atom. The van der Waals surface area contributed by atoms with Crippen LogP contribution in [-0.2, 0) is 0 Å². The summed E-state index contributed by atoms with van der Waals surface area (Å²) in [4.78, 5) is 0. The Labute approximate surface area is 60.4 Å². The molecule has 0 radical (unpaired) electrons. The minimum Gasteiger partial charge on any atom is -0.456 e. The summed E-state index contributed by atoms with van der Waals surface area (Å²) in [5.41, 5.74) is 0. The van der Waals surface area contributed by atoms with E-state index in [1.54, 1.807) is 12.3 Å². The number of allylic oxidation sites excluding steroid dienone is 2. The largest absolute Gasteiger partial charge is 0.456 e. The Kier molecular flexibility index (Phi) is 2.39. The van der Waals surface area contributed by atoms with Crippen LogP contribution in [0, 0.1) is 11.8 Å². The van der Waals surface area contributed by atoms with Crippen molar-refractivity contribution in [1.82, 2.24) is 0 Å². The minimum absolute atomic E-state index is 0.707. The van der Waals surface area contributed by atoms with Gasteiger partial charge >= 0.3 is 0 Å². The molecule has 1 rings (SSSR count). The summed E-state index contributed by atoms with van der Waals surface area (Å²) in [5, 5.41) is 0. The SMILES string of the molecule is C/C=C/C#Cc1ccco1. The summed E-state index contributed by atoms with van der Waals surface area (Å²) in [5.74, 6) is 6.34. The topological polar surface area (TPSA) is 13.1 Å². The maximum atomic E-state index is 4.97. The molecule has 0 aliphatic heterocycles. The van der Waals surface area contributed by atoms with Crippen molar-refractivity contribution in [1.29, 1.82) is 0 Å². The Balaban J connectivity index is 2.66. The second-order valence-electron chi connectivity index (χ2n) is 1.75. The molecule has 0 atom stereocenters.